The Labute approximate surface area is 126 Å². The van der Waals surface area contributed by atoms with Gasteiger partial charge in [-0.15, -0.1) is 0 Å². The Hall–Kier alpha value is -2.20. The Bertz CT molecular complexity index is 455. The van der Waals surface area contributed by atoms with E-state index in [1.807, 2.05) is 0 Å². The number of nitrogens with two attached hydrogens (primary N) is 1. The van der Waals surface area contributed by atoms with Crippen LogP contribution in [0.5, 0.6) is 0 Å². The van der Waals surface area contributed by atoms with Gasteiger partial charge in [-0.05, 0) is 12.8 Å². The molecule has 0 saturated carbocycles. The van der Waals surface area contributed by atoms with E-state index in [1.165, 1.54) is 0 Å². The molecule has 0 aromatic rings. The first-order valence-electron chi connectivity index (χ1n) is 6.81. The first kappa shape index (κ1) is 17.9. The molecule has 0 aromatic carbocycles. The van der Waals surface area contributed by atoms with Crippen LogP contribution in [0.15, 0.2) is 0 Å². The number of hydrogen-bond acceptors (Lipinski definition) is 6. The van der Waals surface area contributed by atoms with Gasteiger partial charge in [0, 0.05) is 6.54 Å². The molecule has 1 rings (SSSR count). The van der Waals surface area contributed by atoms with E-state index in [9.17, 15) is 24.3 Å². The van der Waals surface area contributed by atoms with Crippen LogP contribution in [0.4, 0.5) is 0 Å². The van der Waals surface area contributed by atoms with Crippen molar-refractivity contribution in [2.45, 2.75) is 24.9 Å². The number of nitrogens with one attached hydrogen (secondary N) is 2. The van der Waals surface area contributed by atoms with Crippen molar-refractivity contribution in [2.24, 2.45) is 5.73 Å². The Morgan fingerprint density at radius 1 is 1.27 bits per heavy atom. The summed E-state index contributed by atoms with van der Waals surface area (Å²) in [5.74, 6) is -3.00. The summed E-state index contributed by atoms with van der Waals surface area (Å²) < 4.78 is 0. The molecule has 6 N–H and O–H groups in total. The fourth-order valence-electron chi connectivity index (χ4n) is 2.17. The van der Waals surface area contributed by atoms with Crippen LogP contribution in [0.3, 0.4) is 0 Å². The van der Waals surface area contributed by atoms with Gasteiger partial charge in [0.1, 0.15) is 12.1 Å². The van der Waals surface area contributed by atoms with E-state index in [4.69, 9.17) is 10.8 Å². The fourth-order valence-corrected chi connectivity index (χ4v) is 2.17. The van der Waals surface area contributed by atoms with Gasteiger partial charge in [-0.2, -0.15) is 0 Å². The molecule has 22 heavy (non-hydrogen) atoms. The molecule has 0 bridgehead atoms. The number of carbonyl (C=O) groups is 4. The number of amides is 3. The number of rotatable bonds is 7. The van der Waals surface area contributed by atoms with Crippen LogP contribution in [0.2, 0.25) is 0 Å². The summed E-state index contributed by atoms with van der Waals surface area (Å²) in [7, 11) is 0. The van der Waals surface area contributed by atoms with Crippen molar-refractivity contribution in [3.63, 3.8) is 0 Å². The predicted molar refractivity (Wildman–Crippen MR) is 73.5 cm³/mol. The van der Waals surface area contributed by atoms with Crippen LogP contribution in [-0.2, 0) is 19.2 Å². The molecule has 1 aliphatic heterocycles. The SMILES string of the molecule is NCC(=O)NCC(=O)N[C@@H](CO)C(=O)N1CCC[C@H]1C(=O)O. The third kappa shape index (κ3) is 4.67. The highest BCUT2D eigenvalue weighted by atomic mass is 16.4. The average Bonchev–Trinajstić information content (AvgIpc) is 2.99. The largest absolute Gasteiger partial charge is 0.480 e. The summed E-state index contributed by atoms with van der Waals surface area (Å²) in [5, 5.41) is 22.7. The molecule has 1 saturated heterocycles. The van der Waals surface area contributed by atoms with Crippen LogP contribution in [-0.4, -0.2) is 77.1 Å². The predicted octanol–water partition coefficient (Wildman–Crippen LogP) is -3.39. The van der Waals surface area contributed by atoms with Gasteiger partial charge in [0.15, 0.2) is 0 Å². The summed E-state index contributed by atoms with van der Waals surface area (Å²) in [6.45, 7) is -1.07. The summed E-state index contributed by atoms with van der Waals surface area (Å²) in [6, 6.07) is -2.20. The van der Waals surface area contributed by atoms with Gasteiger partial charge in [0.05, 0.1) is 19.7 Å². The first-order valence-corrected chi connectivity index (χ1v) is 6.81. The number of aliphatic hydroxyl groups excluding tert-OH is 1. The topological polar surface area (TPSA) is 162 Å². The second kappa shape index (κ2) is 8.29. The molecule has 1 fully saturated rings. The summed E-state index contributed by atoms with van der Waals surface area (Å²) in [4.78, 5) is 46.9. The highest BCUT2D eigenvalue weighted by Gasteiger charge is 2.37. The molecule has 0 aromatic heterocycles. The van der Waals surface area contributed by atoms with Crippen molar-refractivity contribution in [2.75, 3.05) is 26.2 Å². The highest BCUT2D eigenvalue weighted by molar-refractivity contribution is 5.92. The van der Waals surface area contributed by atoms with E-state index in [1.54, 1.807) is 0 Å². The van der Waals surface area contributed by atoms with Crippen molar-refractivity contribution in [1.82, 2.24) is 15.5 Å². The van der Waals surface area contributed by atoms with Crippen molar-refractivity contribution in [1.29, 1.82) is 0 Å². The molecule has 3 amide bonds. The Balaban J connectivity index is 2.59. The lowest BCUT2D eigenvalue weighted by Crippen LogP contribution is -2.54. The number of carboxylic acids is 1. The molecule has 0 radical (unpaired) electrons. The first-order chi connectivity index (χ1) is 10.4. The number of likely N-dealkylation sites (tertiary alicyclic amines) is 1. The van der Waals surface area contributed by atoms with Gasteiger partial charge in [0.2, 0.25) is 17.7 Å². The van der Waals surface area contributed by atoms with Gasteiger partial charge >= 0.3 is 5.97 Å². The average molecular weight is 316 g/mol. The van der Waals surface area contributed by atoms with Gasteiger partial charge < -0.3 is 31.5 Å². The molecular weight excluding hydrogens is 296 g/mol. The Morgan fingerprint density at radius 2 is 1.95 bits per heavy atom. The minimum absolute atomic E-state index is 0.256. The molecule has 0 spiro atoms. The fraction of sp³-hybridized carbons (Fsp3) is 0.667. The van der Waals surface area contributed by atoms with Crippen LogP contribution in [0.25, 0.3) is 0 Å². The zero-order valence-electron chi connectivity index (χ0n) is 11.9. The van der Waals surface area contributed by atoms with Crippen LogP contribution < -0.4 is 16.4 Å². The maximum absolute atomic E-state index is 12.2. The van der Waals surface area contributed by atoms with Gasteiger partial charge in [-0.3, -0.25) is 14.4 Å². The number of carboxylic acid groups (broad SMARTS) is 1. The maximum atomic E-state index is 12.2. The molecule has 0 aliphatic carbocycles. The van der Waals surface area contributed by atoms with Gasteiger partial charge in [0.25, 0.3) is 0 Å². The molecule has 10 heteroatoms. The molecule has 0 unspecified atom stereocenters. The third-order valence-corrected chi connectivity index (χ3v) is 3.27. The summed E-state index contributed by atoms with van der Waals surface area (Å²) >= 11 is 0. The lowest BCUT2D eigenvalue weighted by molar-refractivity contribution is -0.149. The van der Waals surface area contributed by atoms with Crippen molar-refractivity contribution < 1.29 is 29.4 Å². The molecule has 2 atom stereocenters. The standard InChI is InChI=1S/C12H20N4O6/c13-4-9(18)14-5-10(19)15-7(6-17)11(20)16-3-1-2-8(16)12(21)22/h7-8,17H,1-6,13H2,(H,14,18)(H,15,19)(H,21,22)/t7-,8-/m0/s1. The number of nitrogens with zero attached hydrogens (tertiary/aromatic N) is 1. The van der Waals surface area contributed by atoms with E-state index in [2.05, 4.69) is 10.6 Å². The van der Waals surface area contributed by atoms with E-state index in [0.717, 1.165) is 4.90 Å². The van der Waals surface area contributed by atoms with E-state index in [-0.39, 0.29) is 19.6 Å². The van der Waals surface area contributed by atoms with Crippen molar-refractivity contribution in [3.8, 4) is 0 Å². The summed E-state index contributed by atoms with van der Waals surface area (Å²) in [6.07, 6.45) is 0.876. The third-order valence-electron chi connectivity index (χ3n) is 3.27. The maximum Gasteiger partial charge on any atom is 0.326 e. The number of hydrogen-bond donors (Lipinski definition) is 5. The monoisotopic (exact) mass is 316 g/mol. The molecular formula is C12H20N4O6. The number of aliphatic hydroxyl groups is 1. The van der Waals surface area contributed by atoms with Gasteiger partial charge in [-0.25, -0.2) is 4.79 Å². The van der Waals surface area contributed by atoms with Gasteiger partial charge in [-0.1, -0.05) is 0 Å². The highest BCUT2D eigenvalue weighted by Crippen LogP contribution is 2.18. The minimum atomic E-state index is -1.25. The van der Waals surface area contributed by atoms with Crippen LogP contribution in [0.1, 0.15) is 12.8 Å². The molecule has 1 aliphatic rings. The Kier molecular flexibility index (Phi) is 6.73. The Morgan fingerprint density at radius 3 is 2.50 bits per heavy atom. The second-order valence-electron chi connectivity index (χ2n) is 4.81. The number of carbonyl (C=O) groups excluding carboxylic acids is 3. The lowest BCUT2D eigenvalue weighted by atomic mass is 10.2. The van der Waals surface area contributed by atoms with E-state index in [0.29, 0.717) is 12.8 Å². The second-order valence-corrected chi connectivity index (χ2v) is 4.81. The molecule has 124 valence electrons. The van der Waals surface area contributed by atoms with Crippen molar-refractivity contribution >= 4 is 23.7 Å². The molecule has 10 nitrogen and oxygen atoms in total. The smallest absolute Gasteiger partial charge is 0.326 e. The normalized spacial score (nSPS) is 18.6. The number of aliphatic carboxylic acids is 1. The van der Waals surface area contributed by atoms with Crippen LogP contribution in [0, 0.1) is 0 Å². The summed E-state index contributed by atoms with van der Waals surface area (Å²) in [5.41, 5.74) is 5.06. The zero-order valence-corrected chi connectivity index (χ0v) is 11.9. The lowest BCUT2D eigenvalue weighted by Gasteiger charge is -2.26. The van der Waals surface area contributed by atoms with E-state index < -0.39 is 42.4 Å². The zero-order chi connectivity index (χ0) is 16.7. The van der Waals surface area contributed by atoms with Crippen molar-refractivity contribution in [3.05, 3.63) is 0 Å². The molecule has 1 heterocycles. The van der Waals surface area contributed by atoms with E-state index >= 15 is 0 Å². The van der Waals surface area contributed by atoms with Crippen LogP contribution >= 0.6 is 0 Å². The quantitative estimate of drug-likeness (QED) is 0.327. The minimum Gasteiger partial charge on any atom is -0.480 e.